The molecule has 1 heterocycles. The van der Waals surface area contributed by atoms with Crippen LogP contribution in [-0.2, 0) is 10.0 Å². The number of anilines is 1. The van der Waals surface area contributed by atoms with E-state index in [1.807, 2.05) is 0 Å². The maximum atomic E-state index is 12.6. The summed E-state index contributed by atoms with van der Waals surface area (Å²) in [5.41, 5.74) is 2.21. The molecule has 1 aromatic heterocycles. The van der Waals surface area contributed by atoms with Crippen molar-refractivity contribution in [3.05, 3.63) is 53.9 Å². The third kappa shape index (κ3) is 3.93. The number of rotatable bonds is 6. The first kappa shape index (κ1) is 18.6. The van der Waals surface area contributed by atoms with Gasteiger partial charge in [-0.15, -0.1) is 0 Å². The highest BCUT2D eigenvalue weighted by atomic mass is 32.2. The van der Waals surface area contributed by atoms with Gasteiger partial charge in [0.25, 0.3) is 5.91 Å². The number of sulfonamides is 1. The minimum absolute atomic E-state index is 0.0508. The van der Waals surface area contributed by atoms with Gasteiger partial charge in [-0.3, -0.25) is 4.79 Å². The lowest BCUT2D eigenvalue weighted by atomic mass is 10.2. The minimum atomic E-state index is -3.67. The molecular formula is C20H21N3O4S. The lowest BCUT2D eigenvalue weighted by Crippen LogP contribution is -2.30. The third-order valence-corrected chi connectivity index (χ3v) is 6.04. The first-order valence-corrected chi connectivity index (χ1v) is 10.6. The van der Waals surface area contributed by atoms with Gasteiger partial charge in [-0.25, -0.2) is 18.1 Å². The van der Waals surface area contributed by atoms with Crippen LogP contribution >= 0.6 is 0 Å². The van der Waals surface area contributed by atoms with E-state index in [0.29, 0.717) is 22.7 Å². The van der Waals surface area contributed by atoms with Gasteiger partial charge >= 0.3 is 0 Å². The van der Waals surface area contributed by atoms with Gasteiger partial charge < -0.3 is 9.73 Å². The zero-order valence-corrected chi connectivity index (χ0v) is 16.4. The fourth-order valence-electron chi connectivity index (χ4n) is 2.91. The number of amides is 1. The molecule has 146 valence electrons. The summed E-state index contributed by atoms with van der Waals surface area (Å²) < 4.78 is 32.9. The molecule has 0 unspecified atom stereocenters. The van der Waals surface area contributed by atoms with E-state index in [1.165, 1.54) is 12.1 Å². The number of hydrogen-bond acceptors (Lipinski definition) is 5. The number of hydrogen-bond donors (Lipinski definition) is 2. The zero-order chi connectivity index (χ0) is 19.9. The van der Waals surface area contributed by atoms with Crippen molar-refractivity contribution < 1.29 is 17.6 Å². The molecular weight excluding hydrogens is 378 g/mol. The Kier molecular flexibility index (Phi) is 4.68. The summed E-state index contributed by atoms with van der Waals surface area (Å²) >= 11 is 0. The van der Waals surface area contributed by atoms with Gasteiger partial charge in [-0.1, -0.05) is 6.07 Å². The van der Waals surface area contributed by atoms with Gasteiger partial charge in [0.2, 0.25) is 10.0 Å². The molecule has 2 N–H and O–H groups in total. The Hall–Kier alpha value is -2.71. The Morgan fingerprint density at radius 1 is 1.18 bits per heavy atom. The van der Waals surface area contributed by atoms with E-state index in [-0.39, 0.29) is 16.5 Å². The molecule has 1 saturated carbocycles. The summed E-state index contributed by atoms with van der Waals surface area (Å²) in [4.78, 5) is 17.1. The van der Waals surface area contributed by atoms with Crippen LogP contribution in [-0.4, -0.2) is 25.4 Å². The molecule has 1 amide bonds. The average Bonchev–Trinajstić information content (AvgIpc) is 3.40. The molecule has 4 rings (SSSR count). The van der Waals surface area contributed by atoms with E-state index in [2.05, 4.69) is 15.0 Å². The normalized spacial score (nSPS) is 14.5. The molecule has 28 heavy (non-hydrogen) atoms. The SMILES string of the molecule is CC(C)NS(=O)(=O)c1cccc(C(=O)Nc2ccc3oc(C4CC4)nc3c2)c1. The highest BCUT2D eigenvalue weighted by Crippen LogP contribution is 2.40. The van der Waals surface area contributed by atoms with Crippen LogP contribution in [0.15, 0.2) is 51.8 Å². The van der Waals surface area contributed by atoms with Crippen LogP contribution in [0, 0.1) is 0 Å². The summed E-state index contributed by atoms with van der Waals surface area (Å²) in [5.74, 6) is 0.760. The van der Waals surface area contributed by atoms with E-state index in [0.717, 1.165) is 18.7 Å². The maximum absolute atomic E-state index is 12.6. The summed E-state index contributed by atoms with van der Waals surface area (Å²) in [5, 5.41) is 2.79. The van der Waals surface area contributed by atoms with E-state index >= 15 is 0 Å². The molecule has 0 spiro atoms. The lowest BCUT2D eigenvalue weighted by molar-refractivity contribution is 0.102. The largest absolute Gasteiger partial charge is 0.440 e. The van der Waals surface area contributed by atoms with E-state index in [1.54, 1.807) is 44.2 Å². The lowest BCUT2D eigenvalue weighted by Gasteiger charge is -2.11. The summed E-state index contributed by atoms with van der Waals surface area (Å²) in [6.07, 6.45) is 2.20. The van der Waals surface area contributed by atoms with Crippen molar-refractivity contribution in [2.75, 3.05) is 5.32 Å². The average molecular weight is 399 g/mol. The zero-order valence-electron chi connectivity index (χ0n) is 15.6. The fourth-order valence-corrected chi connectivity index (χ4v) is 4.21. The van der Waals surface area contributed by atoms with Gasteiger partial charge in [-0.05, 0) is 63.1 Å². The highest BCUT2D eigenvalue weighted by Gasteiger charge is 2.29. The number of fused-ring (bicyclic) bond motifs is 1. The second-order valence-electron chi connectivity index (χ2n) is 7.27. The van der Waals surface area contributed by atoms with Crippen molar-refractivity contribution in [2.45, 2.75) is 43.5 Å². The third-order valence-electron chi connectivity index (χ3n) is 4.39. The molecule has 0 atom stereocenters. The molecule has 0 saturated heterocycles. The topological polar surface area (TPSA) is 101 Å². The molecule has 3 aromatic rings. The minimum Gasteiger partial charge on any atom is -0.440 e. The van der Waals surface area contributed by atoms with Crippen molar-refractivity contribution in [3.63, 3.8) is 0 Å². The Labute approximate surface area is 163 Å². The molecule has 7 nitrogen and oxygen atoms in total. The van der Waals surface area contributed by atoms with Crippen molar-refractivity contribution in [3.8, 4) is 0 Å². The molecule has 1 aliphatic carbocycles. The number of nitrogens with one attached hydrogen (secondary N) is 2. The number of nitrogens with zero attached hydrogens (tertiary/aromatic N) is 1. The van der Waals surface area contributed by atoms with Crippen LogP contribution in [0.3, 0.4) is 0 Å². The number of carbonyl (C=O) groups excluding carboxylic acids is 1. The van der Waals surface area contributed by atoms with Crippen LogP contribution in [0.2, 0.25) is 0 Å². The van der Waals surface area contributed by atoms with Gasteiger partial charge in [0.05, 0.1) is 4.90 Å². The summed E-state index contributed by atoms with van der Waals surface area (Å²) in [6.45, 7) is 3.48. The molecule has 8 heteroatoms. The quantitative estimate of drug-likeness (QED) is 0.659. The fraction of sp³-hybridized carbons (Fsp3) is 0.300. The molecule has 0 radical (unpaired) electrons. The second-order valence-corrected chi connectivity index (χ2v) is 8.98. The number of oxazole rings is 1. The monoisotopic (exact) mass is 399 g/mol. The van der Waals surface area contributed by atoms with E-state index < -0.39 is 15.9 Å². The summed E-state index contributed by atoms with van der Waals surface area (Å²) in [6, 6.07) is 11.0. The van der Waals surface area contributed by atoms with E-state index in [9.17, 15) is 13.2 Å². The summed E-state index contributed by atoms with van der Waals surface area (Å²) in [7, 11) is -3.67. The van der Waals surface area contributed by atoms with Gasteiger partial charge in [-0.2, -0.15) is 0 Å². The second kappa shape index (κ2) is 7.03. The molecule has 2 aromatic carbocycles. The molecule has 0 aliphatic heterocycles. The Balaban J connectivity index is 1.55. The van der Waals surface area contributed by atoms with Crippen molar-refractivity contribution in [2.24, 2.45) is 0 Å². The molecule has 1 fully saturated rings. The first-order valence-electron chi connectivity index (χ1n) is 9.16. The number of carbonyl (C=O) groups is 1. The number of benzene rings is 2. The smallest absolute Gasteiger partial charge is 0.255 e. The van der Waals surface area contributed by atoms with E-state index in [4.69, 9.17) is 4.42 Å². The number of aromatic nitrogens is 1. The molecule has 0 bridgehead atoms. The van der Waals surface area contributed by atoms with Gasteiger partial charge in [0.15, 0.2) is 11.5 Å². The van der Waals surface area contributed by atoms with Crippen LogP contribution in [0.1, 0.15) is 48.9 Å². The standard InChI is InChI=1S/C20H21N3O4S/c1-12(2)23-28(25,26)16-5-3-4-14(10-16)19(24)21-15-8-9-18-17(11-15)22-20(27-18)13-6-7-13/h3-5,8-13,23H,6-7H2,1-2H3,(H,21,24). The highest BCUT2D eigenvalue weighted by molar-refractivity contribution is 7.89. The maximum Gasteiger partial charge on any atom is 0.255 e. The Morgan fingerprint density at radius 2 is 1.96 bits per heavy atom. The van der Waals surface area contributed by atoms with Crippen molar-refractivity contribution >= 4 is 32.7 Å². The van der Waals surface area contributed by atoms with Crippen molar-refractivity contribution in [1.29, 1.82) is 0 Å². The van der Waals surface area contributed by atoms with Crippen LogP contribution in [0.4, 0.5) is 5.69 Å². The predicted molar refractivity (Wildman–Crippen MR) is 106 cm³/mol. The van der Waals surface area contributed by atoms with Crippen LogP contribution in [0.25, 0.3) is 11.1 Å². The van der Waals surface area contributed by atoms with Crippen LogP contribution < -0.4 is 10.0 Å². The Bertz CT molecular complexity index is 1150. The predicted octanol–water partition coefficient (Wildman–Crippen LogP) is 3.64. The Morgan fingerprint density at radius 3 is 2.68 bits per heavy atom. The van der Waals surface area contributed by atoms with Gasteiger partial charge in [0, 0.05) is 23.2 Å². The van der Waals surface area contributed by atoms with Crippen molar-refractivity contribution in [1.82, 2.24) is 9.71 Å². The van der Waals surface area contributed by atoms with Gasteiger partial charge in [0.1, 0.15) is 5.52 Å². The molecule has 1 aliphatic rings. The first-order chi connectivity index (χ1) is 13.3. The van der Waals surface area contributed by atoms with Crippen LogP contribution in [0.5, 0.6) is 0 Å².